The fourth-order valence-electron chi connectivity index (χ4n) is 2.89. The third-order valence-corrected chi connectivity index (χ3v) is 7.23. The van der Waals surface area contributed by atoms with Crippen molar-refractivity contribution < 1.29 is 9.47 Å². The van der Waals surface area contributed by atoms with Gasteiger partial charge in [0.25, 0.3) is 0 Å². The molecule has 0 aliphatic heterocycles. The van der Waals surface area contributed by atoms with E-state index in [-0.39, 0.29) is 0 Å². The zero-order valence-corrected chi connectivity index (χ0v) is 20.9. The molecule has 0 saturated carbocycles. The number of benzene rings is 3. The number of rotatable bonds is 8. The zero-order chi connectivity index (χ0) is 22.9. The van der Waals surface area contributed by atoms with Crippen LogP contribution in [0.25, 0.3) is 0 Å². The van der Waals surface area contributed by atoms with E-state index < -0.39 is 10.0 Å². The molecule has 31 heavy (non-hydrogen) atoms. The second-order valence-corrected chi connectivity index (χ2v) is 11.9. The molecule has 3 aromatic rings. The van der Waals surface area contributed by atoms with Crippen LogP contribution in [-0.2, 0) is 18.0 Å². The lowest BCUT2D eigenvalue weighted by atomic mass is 10.2. The highest BCUT2D eigenvalue weighted by atomic mass is 32.3. The van der Waals surface area contributed by atoms with Crippen LogP contribution in [0.5, 0.6) is 5.75 Å². The van der Waals surface area contributed by atoms with Crippen LogP contribution in [0.3, 0.4) is 0 Å². The van der Waals surface area contributed by atoms with Gasteiger partial charge >= 0.3 is 0 Å². The summed E-state index contributed by atoms with van der Waals surface area (Å²) >= 11 is 0. The fourth-order valence-corrected chi connectivity index (χ4v) is 4.80. The molecule has 168 valence electrons. The summed E-state index contributed by atoms with van der Waals surface area (Å²) in [6.07, 6.45) is 4.37. The monoisotopic (exact) mass is 458 g/mol. The molecule has 4 N–H and O–H groups in total. The average Bonchev–Trinajstić information content (AvgIpc) is 2.77. The maximum atomic E-state index is 6.16. The van der Waals surface area contributed by atoms with Crippen LogP contribution in [-0.4, -0.2) is 18.5 Å². The Bertz CT molecular complexity index is 945. The number of anilines is 2. The van der Waals surface area contributed by atoms with Gasteiger partial charge < -0.3 is 20.9 Å². The molecule has 3 aromatic carbocycles. The normalized spacial score (nSPS) is 11.4. The lowest BCUT2D eigenvalue weighted by Gasteiger charge is -2.32. The zero-order valence-electron chi connectivity index (χ0n) is 18.9. The Kier molecular flexibility index (Phi) is 9.70. The Morgan fingerprint density at radius 3 is 1.94 bits per heavy atom. The van der Waals surface area contributed by atoms with Crippen molar-refractivity contribution in [2.24, 2.45) is 0 Å². The molecule has 1 unspecified atom stereocenters. The van der Waals surface area contributed by atoms with Gasteiger partial charge in [0.2, 0.25) is 0 Å². The van der Waals surface area contributed by atoms with E-state index in [1.165, 1.54) is 10.9 Å². The quantitative estimate of drug-likeness (QED) is 0.343. The SMILES string of the molecule is CC.CS(C)(COc1ccc(COCc2ccc(P)cc2)cc1)c1cc(N)ccc1N. The Morgan fingerprint density at radius 1 is 0.806 bits per heavy atom. The van der Waals surface area contributed by atoms with Crippen molar-refractivity contribution in [2.45, 2.75) is 32.0 Å². The van der Waals surface area contributed by atoms with Crippen molar-refractivity contribution in [1.82, 2.24) is 0 Å². The number of hydrogen-bond acceptors (Lipinski definition) is 4. The van der Waals surface area contributed by atoms with Crippen LogP contribution in [0.4, 0.5) is 11.4 Å². The predicted octanol–water partition coefficient (Wildman–Crippen LogP) is 5.55. The second kappa shape index (κ2) is 12.0. The molecular formula is C25H35N2O2PS. The van der Waals surface area contributed by atoms with E-state index >= 15 is 0 Å². The van der Waals surface area contributed by atoms with E-state index in [1.807, 2.05) is 56.3 Å². The fraction of sp³-hybridized carbons (Fsp3) is 0.280. The number of hydrogen-bond donors (Lipinski definition) is 2. The molecule has 3 rings (SSSR count). The molecule has 0 fully saturated rings. The Hall–Kier alpha value is -2.20. The maximum absolute atomic E-state index is 6.16. The lowest BCUT2D eigenvalue weighted by molar-refractivity contribution is 0.107. The summed E-state index contributed by atoms with van der Waals surface area (Å²) in [5, 5.41) is 1.17. The summed E-state index contributed by atoms with van der Waals surface area (Å²) < 4.78 is 11.9. The van der Waals surface area contributed by atoms with Crippen LogP contribution in [0.2, 0.25) is 0 Å². The molecule has 0 aliphatic carbocycles. The van der Waals surface area contributed by atoms with E-state index in [0.29, 0.717) is 19.2 Å². The summed E-state index contributed by atoms with van der Waals surface area (Å²) in [6.45, 7) is 5.17. The van der Waals surface area contributed by atoms with Gasteiger partial charge in [-0.1, -0.05) is 50.2 Å². The molecular weight excluding hydrogens is 423 g/mol. The van der Waals surface area contributed by atoms with Crippen molar-refractivity contribution in [3.05, 3.63) is 77.9 Å². The van der Waals surface area contributed by atoms with Gasteiger partial charge in [-0.05, 0) is 59.3 Å². The molecule has 0 aliphatic rings. The highest BCUT2D eigenvalue weighted by Gasteiger charge is 2.19. The summed E-state index contributed by atoms with van der Waals surface area (Å²) in [4.78, 5) is 1.08. The van der Waals surface area contributed by atoms with Crippen LogP contribution in [0.1, 0.15) is 25.0 Å². The minimum atomic E-state index is -1.22. The lowest BCUT2D eigenvalue weighted by Crippen LogP contribution is -2.10. The van der Waals surface area contributed by atoms with Gasteiger partial charge in [0, 0.05) is 16.3 Å². The van der Waals surface area contributed by atoms with E-state index in [0.717, 1.165) is 27.6 Å². The van der Waals surface area contributed by atoms with Gasteiger partial charge in [-0.2, -0.15) is 10.0 Å². The Morgan fingerprint density at radius 2 is 1.35 bits per heavy atom. The summed E-state index contributed by atoms with van der Waals surface area (Å²) in [5.41, 5.74) is 15.9. The molecule has 1 atom stereocenters. The average molecular weight is 459 g/mol. The minimum Gasteiger partial charge on any atom is -0.484 e. The Labute approximate surface area is 190 Å². The number of ether oxygens (including phenoxy) is 2. The smallest absolute Gasteiger partial charge is 0.122 e. The van der Waals surface area contributed by atoms with Crippen molar-refractivity contribution in [2.75, 3.05) is 29.9 Å². The first-order valence-corrected chi connectivity index (χ1v) is 13.5. The summed E-state index contributed by atoms with van der Waals surface area (Å²) in [7, 11) is 1.46. The van der Waals surface area contributed by atoms with Crippen molar-refractivity contribution in [3.63, 3.8) is 0 Å². The van der Waals surface area contributed by atoms with Crippen molar-refractivity contribution >= 4 is 35.9 Å². The first-order valence-electron chi connectivity index (χ1n) is 10.3. The van der Waals surface area contributed by atoms with E-state index in [1.54, 1.807) is 0 Å². The van der Waals surface area contributed by atoms with E-state index in [9.17, 15) is 0 Å². The molecule has 6 heteroatoms. The maximum Gasteiger partial charge on any atom is 0.122 e. The molecule has 0 heterocycles. The standard InChI is InChI=1S/C23H29N2O2PS.C2H6/c1-29(2,23-13-19(24)7-12-22(23)25)16-27-20-8-3-17(4-9-20)14-26-15-18-5-10-21(28)11-6-18;1-2/h3-13H,14-16,24-25,28H2,1-2H3;1-2H3. The predicted molar refractivity (Wildman–Crippen MR) is 141 cm³/mol. The third kappa shape index (κ3) is 7.77. The van der Waals surface area contributed by atoms with Gasteiger partial charge in [0.05, 0.1) is 13.2 Å². The number of nitrogen functional groups attached to an aromatic ring is 2. The minimum absolute atomic E-state index is 0.569. The molecule has 0 saturated heterocycles. The van der Waals surface area contributed by atoms with E-state index in [4.69, 9.17) is 20.9 Å². The molecule has 0 aromatic heterocycles. The van der Waals surface area contributed by atoms with Crippen molar-refractivity contribution in [3.8, 4) is 5.75 Å². The molecule has 0 amide bonds. The van der Waals surface area contributed by atoms with E-state index in [2.05, 4.69) is 46.0 Å². The molecule has 0 radical (unpaired) electrons. The molecule has 4 nitrogen and oxygen atoms in total. The topological polar surface area (TPSA) is 70.5 Å². The molecule has 0 spiro atoms. The van der Waals surface area contributed by atoms with Gasteiger partial charge in [0.15, 0.2) is 0 Å². The largest absolute Gasteiger partial charge is 0.484 e. The van der Waals surface area contributed by atoms with Crippen molar-refractivity contribution in [1.29, 1.82) is 0 Å². The van der Waals surface area contributed by atoms with Gasteiger partial charge in [0.1, 0.15) is 11.7 Å². The van der Waals surface area contributed by atoms with Crippen LogP contribution in [0, 0.1) is 0 Å². The van der Waals surface area contributed by atoms with Crippen LogP contribution in [0.15, 0.2) is 71.6 Å². The van der Waals surface area contributed by atoms with Crippen LogP contribution < -0.4 is 21.5 Å². The first-order chi connectivity index (χ1) is 14.8. The first kappa shape index (κ1) is 25.1. The van der Waals surface area contributed by atoms with Gasteiger partial charge in [-0.15, -0.1) is 9.24 Å². The van der Waals surface area contributed by atoms with Gasteiger partial charge in [-0.3, -0.25) is 0 Å². The number of nitrogens with two attached hydrogens (primary N) is 2. The molecule has 0 bridgehead atoms. The highest BCUT2D eigenvalue weighted by molar-refractivity contribution is 8.32. The third-order valence-electron chi connectivity index (χ3n) is 4.59. The van der Waals surface area contributed by atoms with Crippen LogP contribution >= 0.6 is 19.3 Å². The second-order valence-electron chi connectivity index (χ2n) is 7.48. The summed E-state index contributed by atoms with van der Waals surface area (Å²) in [6, 6.07) is 22.0. The Balaban J connectivity index is 0.00000166. The summed E-state index contributed by atoms with van der Waals surface area (Å²) in [5.74, 6) is 1.43. The highest BCUT2D eigenvalue weighted by Crippen LogP contribution is 2.52. The van der Waals surface area contributed by atoms with Gasteiger partial charge in [-0.25, -0.2) is 0 Å².